The highest BCUT2D eigenvalue weighted by molar-refractivity contribution is 5.74. The van der Waals surface area contributed by atoms with Gasteiger partial charge in [-0.3, -0.25) is 9.59 Å². The van der Waals surface area contributed by atoms with E-state index < -0.39 is 17.3 Å². The zero-order valence-corrected chi connectivity index (χ0v) is 28.6. The molecule has 2 N–H and O–H groups in total. The minimum absolute atomic E-state index is 0.178. The van der Waals surface area contributed by atoms with Crippen molar-refractivity contribution in [2.45, 2.75) is 150 Å². The van der Waals surface area contributed by atoms with Gasteiger partial charge in [0.2, 0.25) is 0 Å². The van der Waals surface area contributed by atoms with Gasteiger partial charge in [-0.25, -0.2) is 0 Å². The minimum atomic E-state index is -1.20. The van der Waals surface area contributed by atoms with Gasteiger partial charge in [0.25, 0.3) is 0 Å². The summed E-state index contributed by atoms with van der Waals surface area (Å²) >= 11 is 0. The molecule has 0 aromatic rings. The normalized spacial score (nSPS) is 28.9. The van der Waals surface area contributed by atoms with E-state index in [-0.39, 0.29) is 24.6 Å². The number of carbonyl (C=O) groups is 2. The number of carbonyl (C=O) groups excluding carboxylic acids is 2. The van der Waals surface area contributed by atoms with Crippen molar-refractivity contribution < 1.29 is 29.3 Å². The number of aliphatic hydroxyl groups excluding tert-OH is 1. The Labute approximate surface area is 267 Å². The molecule has 6 nitrogen and oxygen atoms in total. The van der Waals surface area contributed by atoms with Crippen molar-refractivity contribution >= 4 is 12.3 Å². The monoisotopic (exact) mass is 612 g/mol. The van der Waals surface area contributed by atoms with Crippen LogP contribution in [0.15, 0.2) is 58.2 Å². The maximum Gasteiger partial charge on any atom is 0.305 e. The molecule has 0 unspecified atom stereocenters. The van der Waals surface area contributed by atoms with Crippen LogP contribution in [0, 0.1) is 11.3 Å². The molecule has 1 aliphatic carbocycles. The average Bonchev–Trinajstić information content (AvgIpc) is 3.28. The van der Waals surface area contributed by atoms with Gasteiger partial charge in [-0.2, -0.15) is 0 Å². The number of hydrogen-bond donors (Lipinski definition) is 2. The summed E-state index contributed by atoms with van der Waals surface area (Å²) in [5.74, 6) is -0.456. The molecule has 5 atom stereocenters. The number of ether oxygens (including phenoxy) is 2. The molecule has 2 aliphatic rings. The lowest BCUT2D eigenvalue weighted by Crippen LogP contribution is -2.58. The molecule has 0 aromatic heterocycles. The Bertz CT molecular complexity index is 1090. The summed E-state index contributed by atoms with van der Waals surface area (Å²) in [4.78, 5) is 24.2. The number of allylic oxidation sites excluding steroid dienone is 9. The lowest BCUT2D eigenvalue weighted by molar-refractivity contribution is -0.219. The zero-order chi connectivity index (χ0) is 32.8. The fraction of sp³-hybridized carbons (Fsp3) is 0.684. The van der Waals surface area contributed by atoms with E-state index in [1.165, 1.54) is 24.0 Å². The largest absolute Gasteiger partial charge is 0.466 e. The standard InChI is InChI=1S/C38H60O6/c1-8-9-10-11-12-21-35(40)43-24-15-20-34-33(31(6)27-39)22-23-37(7,42)38(34)26-32(44-36(38)41)25-30(5)19-14-18-29(4)17-13-16-28(2)3/h14,16,18-19,25,27,32,34,36,41-42H,8-13,15,17,20-24,26H2,1-7H3/b19-14+,29-18+,30-25+,33-31-/t32-,34+,36+,37-,38-/m0/s1. The topological polar surface area (TPSA) is 93.1 Å². The molecule has 0 radical (unpaired) electrons. The first-order valence-electron chi connectivity index (χ1n) is 16.9. The molecule has 0 aromatic carbocycles. The van der Waals surface area contributed by atoms with Crippen molar-refractivity contribution in [3.63, 3.8) is 0 Å². The predicted molar refractivity (Wildman–Crippen MR) is 179 cm³/mol. The van der Waals surface area contributed by atoms with Gasteiger partial charge >= 0.3 is 5.97 Å². The van der Waals surface area contributed by atoms with Crippen LogP contribution in [0.1, 0.15) is 132 Å². The molecule has 6 heteroatoms. The summed E-state index contributed by atoms with van der Waals surface area (Å²) in [7, 11) is 0. The second kappa shape index (κ2) is 18.6. The molecular weight excluding hydrogens is 552 g/mol. The third-order valence-corrected chi connectivity index (χ3v) is 9.56. The van der Waals surface area contributed by atoms with Crippen LogP contribution in [0.2, 0.25) is 0 Å². The fourth-order valence-electron chi connectivity index (χ4n) is 6.92. The molecule has 0 bridgehead atoms. The minimum Gasteiger partial charge on any atom is -0.466 e. The quantitative estimate of drug-likeness (QED) is 0.0427. The van der Waals surface area contributed by atoms with Crippen LogP contribution in [0.25, 0.3) is 0 Å². The van der Waals surface area contributed by atoms with Gasteiger partial charge in [0, 0.05) is 6.42 Å². The Kier molecular flexibility index (Phi) is 16.1. The summed E-state index contributed by atoms with van der Waals surface area (Å²) in [6.07, 6.45) is 20.2. The van der Waals surface area contributed by atoms with E-state index in [0.29, 0.717) is 44.1 Å². The van der Waals surface area contributed by atoms with Gasteiger partial charge in [-0.15, -0.1) is 0 Å². The predicted octanol–water partition coefficient (Wildman–Crippen LogP) is 8.64. The summed E-state index contributed by atoms with van der Waals surface area (Å²) in [5, 5.41) is 23.3. The first-order valence-corrected chi connectivity index (χ1v) is 16.9. The van der Waals surface area contributed by atoms with Crippen molar-refractivity contribution in [2.75, 3.05) is 6.61 Å². The lowest BCUT2D eigenvalue weighted by Gasteiger charge is -2.54. The molecule has 0 amide bonds. The summed E-state index contributed by atoms with van der Waals surface area (Å²) in [6.45, 7) is 14.4. The third kappa shape index (κ3) is 11.0. The number of rotatable bonds is 17. The van der Waals surface area contributed by atoms with E-state index >= 15 is 0 Å². The average molecular weight is 613 g/mol. The molecule has 2 fully saturated rings. The van der Waals surface area contributed by atoms with E-state index in [2.05, 4.69) is 39.8 Å². The van der Waals surface area contributed by atoms with Crippen LogP contribution in [0.3, 0.4) is 0 Å². The molecule has 1 saturated heterocycles. The van der Waals surface area contributed by atoms with Crippen LogP contribution < -0.4 is 0 Å². The SMILES string of the molecule is CCCCCCCC(=O)OCCC[C@@H]1/C(=C(/C)C=O)CC[C@](C)(O)[C@@]12C[C@H](/C=C(C)/C=C/C=C(\C)CCC=C(C)C)O[C@H]2O. The van der Waals surface area contributed by atoms with Crippen LogP contribution in [0.4, 0.5) is 0 Å². The molecule has 1 saturated carbocycles. The molecule has 1 aliphatic heterocycles. The summed E-state index contributed by atoms with van der Waals surface area (Å²) in [5.41, 5.74) is 3.08. The van der Waals surface area contributed by atoms with Gasteiger partial charge < -0.3 is 19.7 Å². The molecule has 2 rings (SSSR count). The molecular formula is C38H60O6. The van der Waals surface area contributed by atoms with E-state index in [4.69, 9.17) is 9.47 Å². The Morgan fingerprint density at radius 2 is 1.80 bits per heavy atom. The molecule has 1 heterocycles. The Hall–Kier alpha value is -2.28. The van der Waals surface area contributed by atoms with Gasteiger partial charge in [0.05, 0.1) is 23.7 Å². The maximum atomic E-state index is 12.3. The highest BCUT2D eigenvalue weighted by atomic mass is 16.6. The van der Waals surface area contributed by atoms with Crippen LogP contribution >= 0.6 is 0 Å². The number of esters is 1. The van der Waals surface area contributed by atoms with E-state index in [9.17, 15) is 19.8 Å². The number of hydrogen-bond acceptors (Lipinski definition) is 6. The van der Waals surface area contributed by atoms with Gasteiger partial charge in [-0.05, 0) is 104 Å². The van der Waals surface area contributed by atoms with Crippen molar-refractivity contribution in [3.05, 3.63) is 58.2 Å². The summed E-state index contributed by atoms with van der Waals surface area (Å²) < 4.78 is 11.7. The molecule has 1 spiro atoms. The zero-order valence-electron chi connectivity index (χ0n) is 28.6. The Morgan fingerprint density at radius 1 is 1.07 bits per heavy atom. The third-order valence-electron chi connectivity index (χ3n) is 9.56. The second-order valence-corrected chi connectivity index (χ2v) is 13.6. The van der Waals surface area contributed by atoms with Crippen molar-refractivity contribution in [2.24, 2.45) is 11.3 Å². The molecule has 248 valence electrons. The Morgan fingerprint density at radius 3 is 2.48 bits per heavy atom. The maximum absolute atomic E-state index is 12.3. The van der Waals surface area contributed by atoms with Crippen LogP contribution in [-0.4, -0.2) is 47.1 Å². The van der Waals surface area contributed by atoms with E-state index in [1.807, 2.05) is 32.1 Å². The summed E-state index contributed by atoms with van der Waals surface area (Å²) in [6, 6.07) is 0. The number of unbranched alkanes of at least 4 members (excludes halogenated alkanes) is 4. The van der Waals surface area contributed by atoms with Crippen molar-refractivity contribution in [1.82, 2.24) is 0 Å². The number of aldehydes is 1. The van der Waals surface area contributed by atoms with Gasteiger partial charge in [0.1, 0.15) is 6.29 Å². The van der Waals surface area contributed by atoms with Crippen molar-refractivity contribution in [3.8, 4) is 0 Å². The Balaban J connectivity index is 2.16. The number of aliphatic hydroxyl groups is 2. The van der Waals surface area contributed by atoms with E-state index in [1.54, 1.807) is 6.92 Å². The molecule has 44 heavy (non-hydrogen) atoms. The first kappa shape index (κ1) is 37.9. The smallest absolute Gasteiger partial charge is 0.305 e. The van der Waals surface area contributed by atoms with Gasteiger partial charge in [-0.1, -0.05) is 85.3 Å². The first-order chi connectivity index (χ1) is 20.9. The highest BCUT2D eigenvalue weighted by Gasteiger charge is 2.64. The van der Waals surface area contributed by atoms with Crippen molar-refractivity contribution in [1.29, 1.82) is 0 Å². The second-order valence-electron chi connectivity index (χ2n) is 13.6. The lowest BCUT2D eigenvalue weighted by atomic mass is 9.53. The fourth-order valence-corrected chi connectivity index (χ4v) is 6.92. The van der Waals surface area contributed by atoms with Gasteiger partial charge in [0.15, 0.2) is 6.29 Å². The van der Waals surface area contributed by atoms with Crippen LogP contribution in [0.5, 0.6) is 0 Å². The van der Waals surface area contributed by atoms with E-state index in [0.717, 1.165) is 49.5 Å². The van der Waals surface area contributed by atoms with Crippen LogP contribution in [-0.2, 0) is 19.1 Å². The highest BCUT2D eigenvalue weighted by Crippen LogP contribution is 2.60.